The first-order valence-corrected chi connectivity index (χ1v) is 10.3. The molecule has 0 radical (unpaired) electrons. The highest BCUT2D eigenvalue weighted by Crippen LogP contribution is 2.48. The largest absolute Gasteiger partial charge is 0.464 e. The minimum atomic E-state index is -0.202. The normalized spacial score (nSPS) is 21.0. The molecule has 3 heterocycles. The van der Waals surface area contributed by atoms with Crippen LogP contribution in [0.5, 0.6) is 5.75 Å². The number of hydrogen-bond acceptors (Lipinski definition) is 4. The second-order valence-corrected chi connectivity index (χ2v) is 8.55. The summed E-state index contributed by atoms with van der Waals surface area (Å²) in [5, 5.41) is 9.22. The van der Waals surface area contributed by atoms with Gasteiger partial charge >= 0.3 is 0 Å². The Hall–Kier alpha value is -2.11. The van der Waals surface area contributed by atoms with Crippen molar-refractivity contribution in [2.45, 2.75) is 25.6 Å². The monoisotopic (exact) mass is 424 g/mol. The lowest BCUT2D eigenvalue weighted by atomic mass is 9.97. The number of halogens is 1. The summed E-state index contributed by atoms with van der Waals surface area (Å²) < 4.78 is 7.46. The van der Waals surface area contributed by atoms with Crippen molar-refractivity contribution in [3.05, 3.63) is 86.0 Å². The van der Waals surface area contributed by atoms with Crippen LogP contribution < -0.4 is 4.74 Å². The van der Waals surface area contributed by atoms with Gasteiger partial charge in [0.25, 0.3) is 0 Å². The summed E-state index contributed by atoms with van der Waals surface area (Å²) in [5.74, 6) is 0.947. The van der Waals surface area contributed by atoms with Gasteiger partial charge in [0.05, 0.1) is 16.6 Å². The molecule has 0 saturated carbocycles. The first-order chi connectivity index (χ1) is 12.7. The van der Waals surface area contributed by atoms with Crippen molar-refractivity contribution in [1.29, 1.82) is 0 Å². The summed E-state index contributed by atoms with van der Waals surface area (Å²) in [4.78, 5) is 1.23. The van der Waals surface area contributed by atoms with Crippen LogP contribution in [0.2, 0.25) is 0 Å². The van der Waals surface area contributed by atoms with Gasteiger partial charge in [0, 0.05) is 22.0 Å². The van der Waals surface area contributed by atoms with Gasteiger partial charge in [-0.25, -0.2) is 5.01 Å². The quantitative estimate of drug-likeness (QED) is 0.499. The highest BCUT2D eigenvalue weighted by Gasteiger charge is 2.41. The number of fused-ring (bicyclic) bond motifs is 3. The van der Waals surface area contributed by atoms with Crippen LogP contribution in [0.4, 0.5) is 0 Å². The smallest absolute Gasteiger partial charge is 0.213 e. The lowest BCUT2D eigenvalue weighted by Crippen LogP contribution is -2.33. The Morgan fingerprint density at radius 1 is 1.15 bits per heavy atom. The zero-order valence-corrected chi connectivity index (χ0v) is 16.6. The zero-order valence-electron chi connectivity index (χ0n) is 14.2. The standard InChI is InChI=1S/C21H17BrN2OS/c1-13-4-6-14(7-5-13)21-24-18(12-17(23-24)20-3-2-10-26-20)16-11-15(22)8-9-19(16)25-21/h2-11,18,21H,12H2,1H3/t18-,21+/m1/s1. The van der Waals surface area contributed by atoms with Gasteiger partial charge in [-0.2, -0.15) is 5.10 Å². The fraction of sp³-hybridized carbons (Fsp3) is 0.190. The molecule has 0 amide bonds. The number of aryl methyl sites for hydroxylation is 1. The maximum Gasteiger partial charge on any atom is 0.213 e. The summed E-state index contributed by atoms with van der Waals surface area (Å²) in [6.45, 7) is 2.10. The molecule has 2 aromatic carbocycles. The van der Waals surface area contributed by atoms with Crippen LogP contribution >= 0.6 is 27.3 Å². The van der Waals surface area contributed by atoms with E-state index in [1.807, 2.05) is 6.07 Å². The molecule has 2 aliphatic rings. The van der Waals surface area contributed by atoms with Crippen LogP contribution in [0.3, 0.4) is 0 Å². The Kier molecular flexibility index (Phi) is 3.87. The average Bonchev–Trinajstić information content (AvgIpc) is 3.32. The maximum atomic E-state index is 6.39. The molecule has 0 N–H and O–H groups in total. The Morgan fingerprint density at radius 2 is 2.00 bits per heavy atom. The van der Waals surface area contributed by atoms with E-state index >= 15 is 0 Å². The van der Waals surface area contributed by atoms with E-state index in [1.165, 1.54) is 16.0 Å². The third kappa shape index (κ3) is 2.66. The molecule has 5 heteroatoms. The molecule has 0 unspecified atom stereocenters. The van der Waals surface area contributed by atoms with Gasteiger partial charge in [0.2, 0.25) is 6.23 Å². The van der Waals surface area contributed by atoms with Gasteiger partial charge in [-0.3, -0.25) is 0 Å². The summed E-state index contributed by atoms with van der Waals surface area (Å²) in [5.41, 5.74) is 4.71. The van der Waals surface area contributed by atoms with E-state index in [9.17, 15) is 0 Å². The molecular weight excluding hydrogens is 408 g/mol. The fourth-order valence-electron chi connectivity index (χ4n) is 3.60. The number of rotatable bonds is 2. The molecule has 130 valence electrons. The second-order valence-electron chi connectivity index (χ2n) is 6.69. The van der Waals surface area contributed by atoms with Gasteiger partial charge in [0.1, 0.15) is 5.75 Å². The molecule has 2 atom stereocenters. The van der Waals surface area contributed by atoms with Gasteiger partial charge < -0.3 is 4.74 Å². The highest BCUT2D eigenvalue weighted by atomic mass is 79.9. The number of thiophene rings is 1. The predicted octanol–water partition coefficient (Wildman–Crippen LogP) is 6.06. The lowest BCUT2D eigenvalue weighted by molar-refractivity contribution is -0.0190. The topological polar surface area (TPSA) is 24.8 Å². The highest BCUT2D eigenvalue weighted by molar-refractivity contribution is 9.10. The first-order valence-electron chi connectivity index (χ1n) is 8.61. The van der Waals surface area contributed by atoms with E-state index in [1.54, 1.807) is 11.3 Å². The Bertz CT molecular complexity index is 982. The number of benzene rings is 2. The maximum absolute atomic E-state index is 6.39. The predicted molar refractivity (Wildman–Crippen MR) is 109 cm³/mol. The Morgan fingerprint density at radius 3 is 2.77 bits per heavy atom. The van der Waals surface area contributed by atoms with Gasteiger partial charge in [0.15, 0.2) is 0 Å². The number of ether oxygens (including phenoxy) is 1. The van der Waals surface area contributed by atoms with E-state index < -0.39 is 0 Å². The third-order valence-electron chi connectivity index (χ3n) is 4.92. The van der Waals surface area contributed by atoms with Gasteiger partial charge in [-0.05, 0) is 36.6 Å². The first kappa shape index (κ1) is 16.1. The molecule has 0 saturated heterocycles. The van der Waals surface area contributed by atoms with Crippen LogP contribution in [0.25, 0.3) is 0 Å². The molecule has 0 bridgehead atoms. The van der Waals surface area contributed by atoms with Crippen molar-refractivity contribution in [3.63, 3.8) is 0 Å². The number of hydrazone groups is 1. The average molecular weight is 425 g/mol. The minimum Gasteiger partial charge on any atom is -0.464 e. The van der Waals surface area contributed by atoms with Crippen molar-refractivity contribution in [1.82, 2.24) is 5.01 Å². The number of hydrogen-bond donors (Lipinski definition) is 0. The molecule has 3 nitrogen and oxygen atoms in total. The SMILES string of the molecule is Cc1ccc([C@@H]2Oc3ccc(Br)cc3[C@H]3CC(c4cccs4)=NN32)cc1. The van der Waals surface area contributed by atoms with Crippen molar-refractivity contribution in [2.75, 3.05) is 0 Å². The second kappa shape index (κ2) is 6.25. The van der Waals surface area contributed by atoms with Crippen LogP contribution in [0, 0.1) is 6.92 Å². The molecule has 0 fully saturated rings. The fourth-order valence-corrected chi connectivity index (χ4v) is 4.70. The molecule has 2 aliphatic heterocycles. The summed E-state index contributed by atoms with van der Waals surface area (Å²) in [6, 6.07) is 19.2. The van der Waals surface area contributed by atoms with E-state index in [-0.39, 0.29) is 12.3 Å². The molecule has 0 spiro atoms. The Labute approximate surface area is 165 Å². The molecule has 0 aliphatic carbocycles. The summed E-state index contributed by atoms with van der Waals surface area (Å²) in [7, 11) is 0. The molecule has 26 heavy (non-hydrogen) atoms. The third-order valence-corrected chi connectivity index (χ3v) is 6.33. The molecule has 5 rings (SSSR count). The molecule has 3 aromatic rings. The van der Waals surface area contributed by atoms with E-state index in [4.69, 9.17) is 9.84 Å². The lowest BCUT2D eigenvalue weighted by Gasteiger charge is -2.38. The number of nitrogens with zero attached hydrogens (tertiary/aromatic N) is 2. The van der Waals surface area contributed by atoms with Crippen molar-refractivity contribution >= 4 is 33.0 Å². The van der Waals surface area contributed by atoms with Gasteiger partial charge in [-0.1, -0.05) is 51.8 Å². The minimum absolute atomic E-state index is 0.194. The van der Waals surface area contributed by atoms with Gasteiger partial charge in [-0.15, -0.1) is 11.3 Å². The van der Waals surface area contributed by atoms with E-state index in [2.05, 4.69) is 81.8 Å². The summed E-state index contributed by atoms with van der Waals surface area (Å²) >= 11 is 5.34. The molecule has 1 aromatic heterocycles. The van der Waals surface area contributed by atoms with Crippen molar-refractivity contribution in [2.24, 2.45) is 5.10 Å². The van der Waals surface area contributed by atoms with E-state index in [0.29, 0.717) is 0 Å². The van der Waals surface area contributed by atoms with Crippen molar-refractivity contribution < 1.29 is 4.74 Å². The zero-order chi connectivity index (χ0) is 17.7. The van der Waals surface area contributed by atoms with Crippen LogP contribution in [-0.2, 0) is 0 Å². The Balaban J connectivity index is 1.61. The van der Waals surface area contributed by atoms with Crippen LogP contribution in [-0.4, -0.2) is 10.7 Å². The van der Waals surface area contributed by atoms with Crippen molar-refractivity contribution in [3.8, 4) is 5.75 Å². The van der Waals surface area contributed by atoms with Crippen LogP contribution in [0.1, 0.15) is 40.3 Å². The van der Waals surface area contributed by atoms with Crippen LogP contribution in [0.15, 0.2) is 69.6 Å². The summed E-state index contributed by atoms with van der Waals surface area (Å²) in [6.07, 6.45) is 0.696. The molecular formula is C21H17BrN2OS. The van der Waals surface area contributed by atoms with E-state index in [0.717, 1.165) is 27.9 Å².